The van der Waals surface area contributed by atoms with Crippen LogP contribution in [0.4, 0.5) is 5.69 Å². The fourth-order valence-corrected chi connectivity index (χ4v) is 2.90. The van der Waals surface area contributed by atoms with Gasteiger partial charge in [-0.05, 0) is 58.3 Å². The third kappa shape index (κ3) is 3.82. The molecule has 1 rings (SSSR count). The van der Waals surface area contributed by atoms with Crippen LogP contribution in [-0.2, 0) is 14.8 Å². The van der Waals surface area contributed by atoms with Crippen LogP contribution >= 0.6 is 33.3 Å². The van der Waals surface area contributed by atoms with Gasteiger partial charge < -0.3 is 0 Å². The maximum absolute atomic E-state index is 11.0. The molecule has 0 radical (unpaired) electrons. The fraction of sp³-hybridized carbons (Fsp3) is 0.250. The number of azide groups is 1. The Morgan fingerprint density at radius 2 is 2.19 bits per heavy atom. The van der Waals surface area contributed by atoms with Crippen LogP contribution in [0.2, 0.25) is 0 Å². The summed E-state index contributed by atoms with van der Waals surface area (Å²) in [6.07, 6.45) is 0. The first kappa shape index (κ1) is 13.6. The molecule has 0 saturated heterocycles. The zero-order valence-corrected chi connectivity index (χ0v) is 11.9. The number of hydrogen-bond donors (Lipinski definition) is 0. The summed E-state index contributed by atoms with van der Waals surface area (Å²) in [4.78, 5) is 2.68. The molecule has 0 fully saturated rings. The number of benzene rings is 1. The summed E-state index contributed by atoms with van der Waals surface area (Å²) in [6, 6.07) is 3.38. The standard InChI is InChI=1S/C8H7ClIN3O2S/c1-5-6(4-16(9,14)15)2-7(10)3-8(5)12-13-11/h2-3H,4H2,1H3. The second-order valence-electron chi connectivity index (χ2n) is 3.08. The van der Waals surface area contributed by atoms with Gasteiger partial charge in [-0.1, -0.05) is 5.11 Å². The predicted molar refractivity (Wildman–Crippen MR) is 71.2 cm³/mol. The first-order valence-electron chi connectivity index (χ1n) is 4.10. The van der Waals surface area contributed by atoms with Gasteiger partial charge in [0.2, 0.25) is 9.05 Å². The topological polar surface area (TPSA) is 82.9 Å². The van der Waals surface area contributed by atoms with Crippen molar-refractivity contribution in [2.45, 2.75) is 12.7 Å². The molecule has 0 amide bonds. The molecule has 86 valence electrons. The lowest BCUT2D eigenvalue weighted by atomic mass is 10.1. The third-order valence-corrected chi connectivity index (χ3v) is 3.54. The van der Waals surface area contributed by atoms with Crippen molar-refractivity contribution in [3.05, 3.63) is 37.3 Å². The van der Waals surface area contributed by atoms with Gasteiger partial charge in [0.15, 0.2) is 0 Å². The highest BCUT2D eigenvalue weighted by molar-refractivity contribution is 14.1. The fourth-order valence-electron chi connectivity index (χ4n) is 1.21. The van der Waals surface area contributed by atoms with Crippen LogP contribution in [-0.4, -0.2) is 8.42 Å². The molecular formula is C8H7ClIN3O2S. The molecule has 5 nitrogen and oxygen atoms in total. The molecule has 1 aromatic carbocycles. The molecule has 1 aromatic rings. The van der Waals surface area contributed by atoms with Gasteiger partial charge in [-0.2, -0.15) is 0 Å². The quantitative estimate of drug-likeness (QED) is 0.267. The van der Waals surface area contributed by atoms with Crippen molar-refractivity contribution in [3.63, 3.8) is 0 Å². The summed E-state index contributed by atoms with van der Waals surface area (Å²) in [5.41, 5.74) is 9.96. The van der Waals surface area contributed by atoms with E-state index in [0.717, 1.165) is 3.57 Å². The average molecular weight is 372 g/mol. The minimum absolute atomic E-state index is 0.273. The molecule has 0 atom stereocenters. The van der Waals surface area contributed by atoms with Gasteiger partial charge in [0, 0.05) is 24.9 Å². The molecule has 0 unspecified atom stereocenters. The maximum atomic E-state index is 11.0. The van der Waals surface area contributed by atoms with Crippen molar-refractivity contribution in [2.75, 3.05) is 0 Å². The number of nitrogens with zero attached hydrogens (tertiary/aromatic N) is 3. The largest absolute Gasteiger partial charge is 0.236 e. The average Bonchev–Trinajstić information content (AvgIpc) is 2.11. The van der Waals surface area contributed by atoms with Gasteiger partial charge in [-0.15, -0.1) is 0 Å². The van der Waals surface area contributed by atoms with Crippen molar-refractivity contribution < 1.29 is 8.42 Å². The highest BCUT2D eigenvalue weighted by atomic mass is 127. The lowest BCUT2D eigenvalue weighted by Gasteiger charge is -2.07. The van der Waals surface area contributed by atoms with Gasteiger partial charge in [0.05, 0.1) is 5.75 Å². The van der Waals surface area contributed by atoms with E-state index in [1.54, 1.807) is 19.1 Å². The Balaban J connectivity index is 3.35. The van der Waals surface area contributed by atoms with Crippen molar-refractivity contribution >= 4 is 48.0 Å². The smallest absolute Gasteiger partial charge is 0.212 e. The summed E-state index contributed by atoms with van der Waals surface area (Å²) in [5, 5.41) is 3.50. The molecule has 0 heterocycles. The molecule has 0 saturated carbocycles. The minimum atomic E-state index is -3.61. The molecule has 0 N–H and O–H groups in total. The van der Waals surface area contributed by atoms with Crippen LogP contribution in [0.25, 0.3) is 10.4 Å². The van der Waals surface area contributed by atoms with E-state index in [1.165, 1.54) is 0 Å². The van der Waals surface area contributed by atoms with Crippen molar-refractivity contribution in [2.24, 2.45) is 5.11 Å². The Bertz CT molecular complexity index is 567. The van der Waals surface area contributed by atoms with Gasteiger partial charge in [-0.3, -0.25) is 0 Å². The Kier molecular flexibility index (Phi) is 4.43. The lowest BCUT2D eigenvalue weighted by molar-refractivity contribution is 0.609. The maximum Gasteiger partial charge on any atom is 0.236 e. The second-order valence-corrected chi connectivity index (χ2v) is 7.10. The molecule has 0 aromatic heterocycles. The van der Waals surface area contributed by atoms with Gasteiger partial charge in [0.1, 0.15) is 0 Å². The monoisotopic (exact) mass is 371 g/mol. The molecule has 0 aliphatic heterocycles. The van der Waals surface area contributed by atoms with Crippen LogP contribution in [0.15, 0.2) is 17.2 Å². The van der Waals surface area contributed by atoms with E-state index >= 15 is 0 Å². The number of rotatable bonds is 3. The Morgan fingerprint density at radius 3 is 2.69 bits per heavy atom. The van der Waals surface area contributed by atoms with Crippen molar-refractivity contribution in [1.82, 2.24) is 0 Å². The summed E-state index contributed by atoms with van der Waals surface area (Å²) >= 11 is 2.02. The van der Waals surface area contributed by atoms with E-state index in [1.807, 2.05) is 22.6 Å². The second kappa shape index (κ2) is 5.22. The molecule has 0 spiro atoms. The van der Waals surface area contributed by atoms with Crippen LogP contribution in [0.3, 0.4) is 0 Å². The summed E-state index contributed by atoms with van der Waals surface area (Å²) in [5.74, 6) is -0.273. The SMILES string of the molecule is Cc1c(CS(=O)(=O)Cl)cc(I)cc1N=[N+]=[N-]. The van der Waals surface area contributed by atoms with Crippen LogP contribution in [0.5, 0.6) is 0 Å². The minimum Gasteiger partial charge on any atom is -0.212 e. The van der Waals surface area contributed by atoms with Gasteiger partial charge in [0.25, 0.3) is 0 Å². The summed E-state index contributed by atoms with van der Waals surface area (Å²) < 4.78 is 22.8. The molecule has 8 heteroatoms. The van der Waals surface area contributed by atoms with E-state index in [2.05, 4.69) is 10.0 Å². The Hall–Kier alpha value is -0.500. The summed E-state index contributed by atoms with van der Waals surface area (Å²) in [6.45, 7) is 1.69. The zero-order chi connectivity index (χ0) is 12.3. The van der Waals surface area contributed by atoms with Gasteiger partial charge in [-0.25, -0.2) is 8.42 Å². The Morgan fingerprint density at radius 1 is 1.56 bits per heavy atom. The molecule has 16 heavy (non-hydrogen) atoms. The van der Waals surface area contributed by atoms with E-state index in [9.17, 15) is 8.42 Å². The molecule has 0 aliphatic carbocycles. The normalized spacial score (nSPS) is 10.9. The number of hydrogen-bond acceptors (Lipinski definition) is 3. The first-order valence-corrected chi connectivity index (χ1v) is 7.65. The third-order valence-electron chi connectivity index (χ3n) is 1.93. The predicted octanol–water partition coefficient (Wildman–Crippen LogP) is 3.61. The van der Waals surface area contributed by atoms with E-state index in [0.29, 0.717) is 16.8 Å². The lowest BCUT2D eigenvalue weighted by Crippen LogP contribution is -1.98. The van der Waals surface area contributed by atoms with Crippen LogP contribution < -0.4 is 0 Å². The molecule has 0 bridgehead atoms. The van der Waals surface area contributed by atoms with E-state index in [4.69, 9.17) is 16.2 Å². The van der Waals surface area contributed by atoms with Crippen LogP contribution in [0, 0.1) is 10.5 Å². The number of halogens is 2. The summed E-state index contributed by atoms with van der Waals surface area (Å²) in [7, 11) is 1.57. The molecule has 0 aliphatic rings. The molecular weight excluding hydrogens is 365 g/mol. The van der Waals surface area contributed by atoms with Crippen molar-refractivity contribution in [1.29, 1.82) is 0 Å². The van der Waals surface area contributed by atoms with Gasteiger partial charge >= 0.3 is 0 Å². The Labute approximate surface area is 111 Å². The highest BCUT2D eigenvalue weighted by Gasteiger charge is 2.12. The zero-order valence-electron chi connectivity index (χ0n) is 8.18. The van der Waals surface area contributed by atoms with Crippen molar-refractivity contribution in [3.8, 4) is 0 Å². The highest BCUT2D eigenvalue weighted by Crippen LogP contribution is 2.27. The van der Waals surface area contributed by atoms with E-state index in [-0.39, 0.29) is 5.75 Å². The van der Waals surface area contributed by atoms with E-state index < -0.39 is 9.05 Å². The first-order chi connectivity index (χ1) is 7.33. The van der Waals surface area contributed by atoms with Crippen LogP contribution in [0.1, 0.15) is 11.1 Å².